The molecule has 0 aromatic heterocycles. The zero-order valence-electron chi connectivity index (χ0n) is 5.00. The van der Waals surface area contributed by atoms with Crippen LogP contribution in [0.3, 0.4) is 0 Å². The molecule has 4 heteroatoms. The second-order valence-corrected chi connectivity index (χ2v) is 2.25. The normalized spacial score (nSPS) is 34.8. The number of hydrogen-bond donors (Lipinski definition) is 3. The van der Waals surface area contributed by atoms with E-state index in [9.17, 15) is 4.79 Å². The third kappa shape index (κ3) is 1.40. The summed E-state index contributed by atoms with van der Waals surface area (Å²) in [6.45, 7) is 0.480. The second-order valence-electron chi connectivity index (χ2n) is 2.25. The monoisotopic (exact) mass is 130 g/mol. The Bertz CT molecular complexity index is 126. The molecule has 0 saturated carbocycles. The van der Waals surface area contributed by atoms with E-state index in [0.29, 0.717) is 13.0 Å². The summed E-state index contributed by atoms with van der Waals surface area (Å²) in [6, 6.07) is -0.319. The van der Waals surface area contributed by atoms with Crippen molar-refractivity contribution in [3.63, 3.8) is 0 Å². The number of carbonyl (C=O) groups is 1. The molecule has 1 rings (SSSR count). The smallest absolute Gasteiger partial charge is 0.234 e. The van der Waals surface area contributed by atoms with E-state index in [2.05, 4.69) is 5.32 Å². The third-order valence-corrected chi connectivity index (χ3v) is 1.45. The van der Waals surface area contributed by atoms with Crippen molar-refractivity contribution in [3.8, 4) is 0 Å². The molecule has 2 atom stereocenters. The van der Waals surface area contributed by atoms with Crippen molar-refractivity contribution >= 4 is 5.91 Å². The lowest BCUT2D eigenvalue weighted by atomic mass is 10.2. The molecule has 0 spiro atoms. The number of amides is 1. The van der Waals surface area contributed by atoms with E-state index in [0.717, 1.165) is 0 Å². The van der Waals surface area contributed by atoms with E-state index < -0.39 is 6.10 Å². The number of hydrogen-bond acceptors (Lipinski definition) is 3. The fourth-order valence-electron chi connectivity index (χ4n) is 0.934. The predicted molar refractivity (Wildman–Crippen MR) is 31.6 cm³/mol. The molecule has 1 saturated heterocycles. The van der Waals surface area contributed by atoms with Gasteiger partial charge in [0.15, 0.2) is 0 Å². The maximum atomic E-state index is 10.4. The molecule has 9 heavy (non-hydrogen) atoms. The van der Waals surface area contributed by atoms with Gasteiger partial charge in [0, 0.05) is 6.54 Å². The fraction of sp³-hybridized carbons (Fsp3) is 0.800. The van der Waals surface area contributed by atoms with Gasteiger partial charge in [0.25, 0.3) is 0 Å². The van der Waals surface area contributed by atoms with Gasteiger partial charge in [0.2, 0.25) is 5.91 Å². The zero-order valence-corrected chi connectivity index (χ0v) is 5.00. The summed E-state index contributed by atoms with van der Waals surface area (Å²) in [4.78, 5) is 10.4. The molecule has 4 N–H and O–H groups in total. The largest absolute Gasteiger partial charge is 0.392 e. The summed E-state index contributed by atoms with van der Waals surface area (Å²) in [5, 5.41) is 11.7. The van der Waals surface area contributed by atoms with Gasteiger partial charge in [-0.3, -0.25) is 4.79 Å². The lowest BCUT2D eigenvalue weighted by molar-refractivity contribution is -0.119. The summed E-state index contributed by atoms with van der Waals surface area (Å²) < 4.78 is 0. The Kier molecular flexibility index (Phi) is 1.68. The molecule has 0 bridgehead atoms. The molecule has 0 aliphatic carbocycles. The molecule has 4 nitrogen and oxygen atoms in total. The van der Waals surface area contributed by atoms with Crippen LogP contribution >= 0.6 is 0 Å². The second kappa shape index (κ2) is 2.33. The van der Waals surface area contributed by atoms with Crippen LogP contribution in [0.5, 0.6) is 0 Å². The lowest BCUT2D eigenvalue weighted by Crippen LogP contribution is -2.36. The maximum Gasteiger partial charge on any atom is 0.234 e. The average molecular weight is 130 g/mol. The summed E-state index contributed by atoms with van der Waals surface area (Å²) >= 11 is 0. The number of carbonyl (C=O) groups excluding carboxylic acids is 1. The van der Waals surface area contributed by atoms with Crippen molar-refractivity contribution in [1.29, 1.82) is 0 Å². The first-order valence-corrected chi connectivity index (χ1v) is 2.91. The van der Waals surface area contributed by atoms with Crippen LogP contribution in [-0.4, -0.2) is 29.7 Å². The van der Waals surface area contributed by atoms with Crippen LogP contribution in [0.15, 0.2) is 0 Å². The summed E-state index contributed by atoms with van der Waals surface area (Å²) in [6.07, 6.45) is 0.0532. The number of rotatable bonds is 1. The van der Waals surface area contributed by atoms with E-state index in [-0.39, 0.29) is 11.9 Å². The fourth-order valence-corrected chi connectivity index (χ4v) is 0.934. The minimum Gasteiger partial charge on any atom is -0.392 e. The van der Waals surface area contributed by atoms with Gasteiger partial charge in [-0.1, -0.05) is 0 Å². The molecular formula is C5H10N2O2. The minimum atomic E-state index is -0.400. The Balaban J connectivity index is 2.39. The lowest BCUT2D eigenvalue weighted by Gasteiger charge is -2.01. The number of aliphatic hydroxyl groups excluding tert-OH is 1. The molecule has 2 unspecified atom stereocenters. The highest BCUT2D eigenvalue weighted by atomic mass is 16.3. The van der Waals surface area contributed by atoms with Crippen LogP contribution in [0.2, 0.25) is 0 Å². The molecule has 0 aromatic carbocycles. The van der Waals surface area contributed by atoms with Gasteiger partial charge in [-0.15, -0.1) is 0 Å². The topological polar surface area (TPSA) is 75.4 Å². The van der Waals surface area contributed by atoms with Crippen LogP contribution in [-0.2, 0) is 4.79 Å². The summed E-state index contributed by atoms with van der Waals surface area (Å²) in [7, 11) is 0. The quantitative estimate of drug-likeness (QED) is 0.392. The molecular weight excluding hydrogens is 120 g/mol. The Morgan fingerprint density at radius 3 is 2.67 bits per heavy atom. The van der Waals surface area contributed by atoms with E-state index in [4.69, 9.17) is 10.8 Å². The van der Waals surface area contributed by atoms with E-state index in [1.165, 1.54) is 0 Å². The van der Waals surface area contributed by atoms with Crippen LogP contribution in [0.4, 0.5) is 0 Å². The highest BCUT2D eigenvalue weighted by Gasteiger charge is 2.25. The molecule has 1 aliphatic rings. The van der Waals surface area contributed by atoms with Crippen molar-refractivity contribution in [2.75, 3.05) is 6.54 Å². The van der Waals surface area contributed by atoms with Crippen LogP contribution in [0.25, 0.3) is 0 Å². The Morgan fingerprint density at radius 2 is 2.44 bits per heavy atom. The van der Waals surface area contributed by atoms with Crippen molar-refractivity contribution in [2.45, 2.75) is 18.6 Å². The molecule has 1 aliphatic heterocycles. The molecule has 1 heterocycles. The SMILES string of the molecule is NC(=O)C1CC(O)CN1. The first-order chi connectivity index (χ1) is 4.20. The number of aliphatic hydroxyl groups is 1. The first-order valence-electron chi connectivity index (χ1n) is 2.91. The van der Waals surface area contributed by atoms with Crippen LogP contribution in [0, 0.1) is 0 Å². The molecule has 1 fully saturated rings. The van der Waals surface area contributed by atoms with Crippen LogP contribution < -0.4 is 11.1 Å². The molecule has 1 amide bonds. The number of nitrogens with two attached hydrogens (primary N) is 1. The summed E-state index contributed by atoms with van der Waals surface area (Å²) in [5.41, 5.74) is 4.95. The first kappa shape index (κ1) is 6.51. The Hall–Kier alpha value is -0.610. The molecule has 0 radical (unpaired) electrons. The van der Waals surface area contributed by atoms with Crippen molar-refractivity contribution in [3.05, 3.63) is 0 Å². The number of nitrogens with one attached hydrogen (secondary N) is 1. The molecule has 52 valence electrons. The average Bonchev–Trinajstić information content (AvgIpc) is 2.14. The highest BCUT2D eigenvalue weighted by molar-refractivity contribution is 5.80. The molecule has 0 aromatic rings. The van der Waals surface area contributed by atoms with Gasteiger partial charge in [0.1, 0.15) is 0 Å². The van der Waals surface area contributed by atoms with Gasteiger partial charge < -0.3 is 16.2 Å². The van der Waals surface area contributed by atoms with Gasteiger partial charge in [-0.05, 0) is 6.42 Å². The van der Waals surface area contributed by atoms with Gasteiger partial charge in [0.05, 0.1) is 12.1 Å². The maximum absolute atomic E-state index is 10.4. The minimum absolute atomic E-state index is 0.319. The number of primary amides is 1. The van der Waals surface area contributed by atoms with Crippen LogP contribution in [0.1, 0.15) is 6.42 Å². The van der Waals surface area contributed by atoms with Crippen molar-refractivity contribution in [2.24, 2.45) is 5.73 Å². The predicted octanol–water partition coefficient (Wildman–Crippen LogP) is -1.81. The summed E-state index contributed by atoms with van der Waals surface area (Å²) in [5.74, 6) is -0.383. The van der Waals surface area contributed by atoms with E-state index in [1.807, 2.05) is 0 Å². The Morgan fingerprint density at radius 1 is 1.78 bits per heavy atom. The van der Waals surface area contributed by atoms with E-state index >= 15 is 0 Å². The highest BCUT2D eigenvalue weighted by Crippen LogP contribution is 2.04. The third-order valence-electron chi connectivity index (χ3n) is 1.45. The van der Waals surface area contributed by atoms with Crippen molar-refractivity contribution in [1.82, 2.24) is 5.32 Å². The van der Waals surface area contributed by atoms with Gasteiger partial charge in [-0.2, -0.15) is 0 Å². The van der Waals surface area contributed by atoms with Crippen molar-refractivity contribution < 1.29 is 9.90 Å². The van der Waals surface area contributed by atoms with E-state index in [1.54, 1.807) is 0 Å². The standard InChI is InChI=1S/C5H10N2O2/c6-5(9)4-1-3(8)2-7-4/h3-4,7-8H,1-2H2,(H2,6,9). The zero-order chi connectivity index (χ0) is 6.85. The Labute approximate surface area is 53.0 Å². The van der Waals surface area contributed by atoms with Gasteiger partial charge >= 0.3 is 0 Å². The number of β-amino-alcohol motifs (C(OH)–C–C–N with tert-alkyl or cyclic N) is 1. The van der Waals surface area contributed by atoms with Gasteiger partial charge in [-0.25, -0.2) is 0 Å².